The van der Waals surface area contributed by atoms with Crippen molar-refractivity contribution in [2.24, 2.45) is 0 Å². The number of nitrogens with one attached hydrogen (secondary N) is 2. The predicted octanol–water partition coefficient (Wildman–Crippen LogP) is 2.69. The lowest BCUT2D eigenvalue weighted by Crippen LogP contribution is -2.30. The molecule has 1 aliphatic heterocycles. The molecular formula is C15H19FN2O. The number of hydrogen-bond donors (Lipinski definition) is 3. The highest BCUT2D eigenvalue weighted by atomic mass is 19.1. The Morgan fingerprint density at radius 3 is 2.74 bits per heavy atom. The second-order valence-corrected chi connectivity index (χ2v) is 5.27. The number of benzene rings is 1. The van der Waals surface area contributed by atoms with E-state index in [1.54, 1.807) is 32.2 Å². The standard InChI is InChI=1S/C15H19FN2O/c1-10-4-5-13(12(16)8-10)18-14-9-17-7-6-11(14)15(2,3)19/h4-8,17-19H,9H2,1-3H3. The van der Waals surface area contributed by atoms with Crippen LogP contribution in [0.25, 0.3) is 0 Å². The summed E-state index contributed by atoms with van der Waals surface area (Å²) in [6.07, 6.45) is 3.59. The van der Waals surface area contributed by atoms with E-state index >= 15 is 0 Å². The Hall–Kier alpha value is -1.81. The van der Waals surface area contributed by atoms with Crippen molar-refractivity contribution in [3.8, 4) is 0 Å². The van der Waals surface area contributed by atoms with Crippen LogP contribution in [0.1, 0.15) is 19.4 Å². The first kappa shape index (κ1) is 13.6. The van der Waals surface area contributed by atoms with Crippen molar-refractivity contribution in [3.63, 3.8) is 0 Å². The highest BCUT2D eigenvalue weighted by Crippen LogP contribution is 2.25. The summed E-state index contributed by atoms with van der Waals surface area (Å²) in [4.78, 5) is 0. The normalized spacial score (nSPS) is 15.4. The number of dihydropyridines is 1. The zero-order valence-corrected chi connectivity index (χ0v) is 11.4. The van der Waals surface area contributed by atoms with Gasteiger partial charge in [0.2, 0.25) is 0 Å². The molecule has 0 fully saturated rings. The third kappa shape index (κ3) is 3.15. The second kappa shape index (κ2) is 5.05. The molecule has 3 N–H and O–H groups in total. The van der Waals surface area contributed by atoms with Gasteiger partial charge < -0.3 is 15.7 Å². The number of aryl methyl sites for hydroxylation is 1. The van der Waals surface area contributed by atoms with Gasteiger partial charge in [-0.3, -0.25) is 0 Å². The van der Waals surface area contributed by atoms with E-state index in [0.717, 1.165) is 16.8 Å². The first-order valence-electron chi connectivity index (χ1n) is 6.27. The summed E-state index contributed by atoms with van der Waals surface area (Å²) in [7, 11) is 0. The summed E-state index contributed by atoms with van der Waals surface area (Å²) in [6.45, 7) is 5.80. The van der Waals surface area contributed by atoms with Crippen LogP contribution in [0.5, 0.6) is 0 Å². The van der Waals surface area contributed by atoms with E-state index in [4.69, 9.17) is 0 Å². The lowest BCUT2D eigenvalue weighted by Gasteiger charge is -2.27. The van der Waals surface area contributed by atoms with Crippen LogP contribution >= 0.6 is 0 Å². The van der Waals surface area contributed by atoms with Crippen LogP contribution in [0.4, 0.5) is 10.1 Å². The maximum absolute atomic E-state index is 13.8. The molecule has 2 rings (SSSR count). The first-order valence-corrected chi connectivity index (χ1v) is 6.27. The molecule has 102 valence electrons. The number of rotatable bonds is 3. The van der Waals surface area contributed by atoms with Gasteiger partial charge in [0.15, 0.2) is 0 Å². The molecule has 0 unspecified atom stereocenters. The van der Waals surface area contributed by atoms with Crippen LogP contribution in [0.2, 0.25) is 0 Å². The predicted molar refractivity (Wildman–Crippen MR) is 75.2 cm³/mol. The Bertz CT molecular complexity index is 542. The lowest BCUT2D eigenvalue weighted by molar-refractivity contribution is 0.122. The summed E-state index contributed by atoms with van der Waals surface area (Å²) >= 11 is 0. The summed E-state index contributed by atoms with van der Waals surface area (Å²) in [5, 5.41) is 16.3. The van der Waals surface area contributed by atoms with Crippen LogP contribution in [-0.4, -0.2) is 17.3 Å². The SMILES string of the molecule is Cc1ccc(NC2=C(C(C)(C)O)C=CNC2)c(F)c1. The smallest absolute Gasteiger partial charge is 0.146 e. The summed E-state index contributed by atoms with van der Waals surface area (Å²) < 4.78 is 13.8. The molecule has 3 nitrogen and oxygen atoms in total. The molecule has 1 aliphatic rings. The van der Waals surface area contributed by atoms with Gasteiger partial charge in [0, 0.05) is 11.3 Å². The van der Waals surface area contributed by atoms with Gasteiger partial charge in [-0.15, -0.1) is 0 Å². The van der Waals surface area contributed by atoms with E-state index < -0.39 is 5.60 Å². The Morgan fingerprint density at radius 1 is 1.37 bits per heavy atom. The maximum atomic E-state index is 13.8. The quantitative estimate of drug-likeness (QED) is 0.784. The van der Waals surface area contributed by atoms with Crippen LogP contribution in [0.3, 0.4) is 0 Å². The Morgan fingerprint density at radius 2 is 2.11 bits per heavy atom. The van der Waals surface area contributed by atoms with Gasteiger partial charge in [-0.05, 0) is 50.7 Å². The third-order valence-corrected chi connectivity index (χ3v) is 3.04. The number of anilines is 1. The van der Waals surface area contributed by atoms with Gasteiger partial charge >= 0.3 is 0 Å². The number of halogens is 1. The summed E-state index contributed by atoms with van der Waals surface area (Å²) in [5.41, 5.74) is 1.85. The second-order valence-electron chi connectivity index (χ2n) is 5.27. The van der Waals surface area contributed by atoms with Crippen LogP contribution in [-0.2, 0) is 0 Å². The molecule has 0 atom stereocenters. The Labute approximate surface area is 112 Å². The average molecular weight is 262 g/mol. The van der Waals surface area contributed by atoms with Gasteiger partial charge in [0.25, 0.3) is 0 Å². The van der Waals surface area contributed by atoms with Crippen molar-refractivity contribution in [2.75, 3.05) is 11.9 Å². The highest BCUT2D eigenvalue weighted by molar-refractivity contribution is 5.54. The Kier molecular flexibility index (Phi) is 3.62. The molecule has 4 heteroatoms. The molecule has 19 heavy (non-hydrogen) atoms. The molecule has 0 bridgehead atoms. The number of aliphatic hydroxyl groups is 1. The minimum absolute atomic E-state index is 0.294. The molecule has 0 saturated heterocycles. The highest BCUT2D eigenvalue weighted by Gasteiger charge is 2.23. The molecule has 1 heterocycles. The van der Waals surface area contributed by atoms with E-state index in [1.807, 2.05) is 13.0 Å². The van der Waals surface area contributed by atoms with Crippen molar-refractivity contribution in [1.82, 2.24) is 5.32 Å². The van der Waals surface area contributed by atoms with Crippen LogP contribution < -0.4 is 10.6 Å². The fourth-order valence-corrected chi connectivity index (χ4v) is 2.07. The van der Waals surface area contributed by atoms with Crippen molar-refractivity contribution >= 4 is 5.69 Å². The van der Waals surface area contributed by atoms with E-state index in [0.29, 0.717) is 12.2 Å². The van der Waals surface area contributed by atoms with Gasteiger partial charge in [-0.2, -0.15) is 0 Å². The molecule has 1 aromatic carbocycles. The number of hydrogen-bond acceptors (Lipinski definition) is 3. The largest absolute Gasteiger partial charge is 0.386 e. The summed E-state index contributed by atoms with van der Waals surface area (Å²) in [5.74, 6) is -0.294. The van der Waals surface area contributed by atoms with Gasteiger partial charge in [-0.1, -0.05) is 6.07 Å². The van der Waals surface area contributed by atoms with Crippen LogP contribution in [0, 0.1) is 12.7 Å². The van der Waals surface area contributed by atoms with Crippen molar-refractivity contribution < 1.29 is 9.50 Å². The molecule has 0 spiro atoms. The molecule has 0 saturated carbocycles. The monoisotopic (exact) mass is 262 g/mol. The van der Waals surface area contributed by atoms with Gasteiger partial charge in [0.05, 0.1) is 17.8 Å². The molecule has 0 aromatic heterocycles. The zero-order chi connectivity index (χ0) is 14.0. The fraction of sp³-hybridized carbons (Fsp3) is 0.333. The average Bonchev–Trinajstić information content (AvgIpc) is 2.32. The zero-order valence-electron chi connectivity index (χ0n) is 11.4. The summed E-state index contributed by atoms with van der Waals surface area (Å²) in [6, 6.07) is 5.04. The van der Waals surface area contributed by atoms with Crippen molar-refractivity contribution in [3.05, 3.63) is 53.1 Å². The third-order valence-electron chi connectivity index (χ3n) is 3.04. The Balaban J connectivity index is 2.34. The van der Waals surface area contributed by atoms with Crippen molar-refractivity contribution in [2.45, 2.75) is 26.4 Å². The van der Waals surface area contributed by atoms with Crippen LogP contribution in [0.15, 0.2) is 41.7 Å². The minimum Gasteiger partial charge on any atom is -0.386 e. The topological polar surface area (TPSA) is 44.3 Å². The van der Waals surface area contributed by atoms with E-state index in [2.05, 4.69) is 10.6 Å². The molecule has 0 radical (unpaired) electrons. The molecular weight excluding hydrogens is 243 g/mol. The first-order chi connectivity index (χ1) is 8.88. The maximum Gasteiger partial charge on any atom is 0.146 e. The molecule has 0 amide bonds. The van der Waals surface area contributed by atoms with E-state index in [1.165, 1.54) is 6.07 Å². The molecule has 1 aromatic rings. The van der Waals surface area contributed by atoms with E-state index in [-0.39, 0.29) is 5.82 Å². The van der Waals surface area contributed by atoms with Gasteiger partial charge in [0.1, 0.15) is 5.82 Å². The minimum atomic E-state index is -0.970. The van der Waals surface area contributed by atoms with Crippen molar-refractivity contribution in [1.29, 1.82) is 0 Å². The van der Waals surface area contributed by atoms with Gasteiger partial charge in [-0.25, -0.2) is 4.39 Å². The fourth-order valence-electron chi connectivity index (χ4n) is 2.07. The van der Waals surface area contributed by atoms with E-state index in [9.17, 15) is 9.50 Å². The molecule has 0 aliphatic carbocycles. The lowest BCUT2D eigenvalue weighted by atomic mass is 9.94.